The van der Waals surface area contributed by atoms with Crippen LogP contribution in [-0.4, -0.2) is 26.8 Å². The predicted molar refractivity (Wildman–Crippen MR) is 89.7 cm³/mol. The van der Waals surface area contributed by atoms with E-state index in [1.165, 1.54) is 18.5 Å². The summed E-state index contributed by atoms with van der Waals surface area (Å²) in [6.07, 6.45) is 0.764. The van der Waals surface area contributed by atoms with Crippen molar-refractivity contribution in [2.24, 2.45) is 0 Å². The van der Waals surface area contributed by atoms with Gasteiger partial charge in [-0.2, -0.15) is 4.98 Å². The zero-order valence-corrected chi connectivity index (χ0v) is 13.6. The van der Waals surface area contributed by atoms with Crippen molar-refractivity contribution in [3.63, 3.8) is 0 Å². The summed E-state index contributed by atoms with van der Waals surface area (Å²) < 4.78 is 19.9. The molecule has 0 saturated carbocycles. The molecule has 0 aliphatic rings. The van der Waals surface area contributed by atoms with Gasteiger partial charge in [-0.3, -0.25) is 4.79 Å². The Kier molecular flexibility index (Phi) is 5.03. The van der Waals surface area contributed by atoms with E-state index in [9.17, 15) is 9.18 Å². The van der Waals surface area contributed by atoms with Crippen LogP contribution >= 0.6 is 0 Å². The van der Waals surface area contributed by atoms with Crippen molar-refractivity contribution in [1.82, 2.24) is 20.1 Å². The molecule has 1 aromatic heterocycles. The second kappa shape index (κ2) is 7.57. The maximum absolute atomic E-state index is 12.9. The molecule has 0 saturated heterocycles. The van der Waals surface area contributed by atoms with Crippen LogP contribution in [0, 0.1) is 5.82 Å². The Morgan fingerprint density at radius 1 is 1.20 bits per heavy atom. The number of nitrogens with zero attached hydrogens (tertiary/aromatic N) is 3. The van der Waals surface area contributed by atoms with Crippen LogP contribution in [-0.2, 0) is 11.3 Å². The first-order valence-electron chi connectivity index (χ1n) is 7.78. The Morgan fingerprint density at radius 2 is 1.92 bits per heavy atom. The fourth-order valence-electron chi connectivity index (χ4n) is 2.15. The van der Waals surface area contributed by atoms with Gasteiger partial charge in [-0.25, -0.2) is 9.07 Å². The number of ether oxygens (including phenoxy) is 1. The zero-order chi connectivity index (χ0) is 17.6. The van der Waals surface area contributed by atoms with Crippen LogP contribution < -0.4 is 10.1 Å². The fraction of sp³-hybridized carbons (Fsp3) is 0.167. The lowest BCUT2D eigenvalue weighted by atomic mass is 10.2. The molecule has 0 spiro atoms. The van der Waals surface area contributed by atoms with E-state index in [0.29, 0.717) is 6.54 Å². The Bertz CT molecular complexity index is 834. The molecule has 1 atom stereocenters. The standard InChI is InChI=1S/C18H17FN4O2/c1-13(17(24)20-11-14-7-9-15(19)10-8-14)25-18-21-12-23(22-18)16-5-3-2-4-6-16/h2-10,12-13H,11H2,1H3,(H,20,24). The number of aromatic nitrogens is 3. The highest BCUT2D eigenvalue weighted by Gasteiger charge is 2.16. The highest BCUT2D eigenvalue weighted by Crippen LogP contribution is 2.10. The quantitative estimate of drug-likeness (QED) is 0.748. The van der Waals surface area contributed by atoms with Gasteiger partial charge < -0.3 is 10.1 Å². The normalized spacial score (nSPS) is 11.8. The van der Waals surface area contributed by atoms with Gasteiger partial charge in [-0.05, 0) is 36.8 Å². The average molecular weight is 340 g/mol. The van der Waals surface area contributed by atoms with E-state index in [-0.39, 0.29) is 17.7 Å². The molecule has 0 radical (unpaired) electrons. The summed E-state index contributed by atoms with van der Waals surface area (Å²) in [6.45, 7) is 1.90. The Labute approximate surface area is 144 Å². The van der Waals surface area contributed by atoms with Gasteiger partial charge in [0.25, 0.3) is 5.91 Å². The number of rotatable bonds is 6. The van der Waals surface area contributed by atoms with Crippen molar-refractivity contribution in [2.75, 3.05) is 0 Å². The first-order valence-corrected chi connectivity index (χ1v) is 7.78. The van der Waals surface area contributed by atoms with Crippen LogP contribution in [0.25, 0.3) is 5.69 Å². The van der Waals surface area contributed by atoms with E-state index in [1.54, 1.807) is 23.7 Å². The van der Waals surface area contributed by atoms with Crippen molar-refractivity contribution < 1.29 is 13.9 Å². The minimum Gasteiger partial charge on any atom is -0.449 e. The molecule has 0 aliphatic heterocycles. The van der Waals surface area contributed by atoms with E-state index in [1.807, 2.05) is 30.3 Å². The number of nitrogens with one attached hydrogen (secondary N) is 1. The lowest BCUT2D eigenvalue weighted by molar-refractivity contribution is -0.127. The maximum atomic E-state index is 12.9. The molecular formula is C18H17FN4O2. The number of carbonyl (C=O) groups is 1. The number of para-hydroxylation sites is 1. The second-order valence-corrected chi connectivity index (χ2v) is 5.41. The van der Waals surface area contributed by atoms with Crippen molar-refractivity contribution in [1.29, 1.82) is 0 Å². The van der Waals surface area contributed by atoms with Gasteiger partial charge in [-0.1, -0.05) is 30.3 Å². The summed E-state index contributed by atoms with van der Waals surface area (Å²) >= 11 is 0. The summed E-state index contributed by atoms with van der Waals surface area (Å²) in [7, 11) is 0. The summed E-state index contributed by atoms with van der Waals surface area (Å²) in [6, 6.07) is 15.5. The average Bonchev–Trinajstić information content (AvgIpc) is 3.10. The Hall–Kier alpha value is -3.22. The minimum absolute atomic E-state index is 0.119. The van der Waals surface area contributed by atoms with Gasteiger partial charge in [0, 0.05) is 6.54 Å². The fourth-order valence-corrected chi connectivity index (χ4v) is 2.15. The number of hydrogen-bond donors (Lipinski definition) is 1. The van der Waals surface area contributed by atoms with Crippen LogP contribution in [0.3, 0.4) is 0 Å². The molecule has 1 N–H and O–H groups in total. The van der Waals surface area contributed by atoms with E-state index >= 15 is 0 Å². The topological polar surface area (TPSA) is 69.0 Å². The molecule has 1 heterocycles. The molecular weight excluding hydrogens is 323 g/mol. The Balaban J connectivity index is 1.54. The molecule has 2 aromatic carbocycles. The highest BCUT2D eigenvalue weighted by molar-refractivity contribution is 5.80. The predicted octanol–water partition coefficient (Wildman–Crippen LogP) is 2.49. The SMILES string of the molecule is CC(Oc1ncn(-c2ccccc2)n1)C(=O)NCc1ccc(F)cc1. The number of amides is 1. The summed E-state index contributed by atoms with van der Waals surface area (Å²) in [4.78, 5) is 16.1. The summed E-state index contributed by atoms with van der Waals surface area (Å²) in [5.41, 5.74) is 1.65. The van der Waals surface area contributed by atoms with Gasteiger partial charge >= 0.3 is 6.01 Å². The minimum atomic E-state index is -0.757. The van der Waals surface area contributed by atoms with E-state index in [0.717, 1.165) is 11.3 Å². The lowest BCUT2D eigenvalue weighted by Gasteiger charge is -2.12. The maximum Gasteiger partial charge on any atom is 0.336 e. The first kappa shape index (κ1) is 16.6. The number of halogens is 1. The first-order chi connectivity index (χ1) is 12.1. The molecule has 6 nitrogen and oxygen atoms in total. The number of hydrogen-bond acceptors (Lipinski definition) is 4. The zero-order valence-electron chi connectivity index (χ0n) is 13.6. The summed E-state index contributed by atoms with van der Waals surface area (Å²) in [5.74, 6) is -0.618. The van der Waals surface area contributed by atoms with Crippen LogP contribution in [0.5, 0.6) is 6.01 Å². The molecule has 0 bridgehead atoms. The van der Waals surface area contributed by atoms with Gasteiger partial charge in [-0.15, -0.1) is 5.10 Å². The monoisotopic (exact) mass is 340 g/mol. The van der Waals surface area contributed by atoms with E-state index < -0.39 is 6.10 Å². The van der Waals surface area contributed by atoms with E-state index in [4.69, 9.17) is 4.74 Å². The smallest absolute Gasteiger partial charge is 0.336 e. The van der Waals surface area contributed by atoms with Crippen LogP contribution in [0.2, 0.25) is 0 Å². The molecule has 128 valence electrons. The molecule has 7 heteroatoms. The van der Waals surface area contributed by atoms with E-state index in [2.05, 4.69) is 15.4 Å². The Morgan fingerprint density at radius 3 is 2.64 bits per heavy atom. The van der Waals surface area contributed by atoms with Gasteiger partial charge in [0.2, 0.25) is 0 Å². The summed E-state index contributed by atoms with van der Waals surface area (Å²) in [5, 5.41) is 6.92. The largest absolute Gasteiger partial charge is 0.449 e. The van der Waals surface area contributed by atoms with Gasteiger partial charge in [0.15, 0.2) is 6.10 Å². The van der Waals surface area contributed by atoms with Crippen molar-refractivity contribution in [2.45, 2.75) is 19.6 Å². The molecule has 1 amide bonds. The van der Waals surface area contributed by atoms with Crippen LogP contribution in [0.1, 0.15) is 12.5 Å². The molecule has 1 unspecified atom stereocenters. The van der Waals surface area contributed by atoms with Crippen LogP contribution in [0.4, 0.5) is 4.39 Å². The molecule has 0 aliphatic carbocycles. The lowest BCUT2D eigenvalue weighted by Crippen LogP contribution is -2.36. The molecule has 3 rings (SSSR count). The molecule has 0 fully saturated rings. The van der Waals surface area contributed by atoms with Crippen LogP contribution in [0.15, 0.2) is 60.9 Å². The van der Waals surface area contributed by atoms with Crippen molar-refractivity contribution in [3.8, 4) is 11.7 Å². The third-order valence-electron chi connectivity index (χ3n) is 3.52. The van der Waals surface area contributed by atoms with Gasteiger partial charge in [0.1, 0.15) is 12.1 Å². The molecule has 25 heavy (non-hydrogen) atoms. The highest BCUT2D eigenvalue weighted by atomic mass is 19.1. The van der Waals surface area contributed by atoms with Crippen molar-refractivity contribution >= 4 is 5.91 Å². The second-order valence-electron chi connectivity index (χ2n) is 5.41. The molecule has 3 aromatic rings. The number of benzene rings is 2. The third-order valence-corrected chi connectivity index (χ3v) is 3.52. The third kappa shape index (κ3) is 4.41. The number of carbonyl (C=O) groups excluding carboxylic acids is 1. The van der Waals surface area contributed by atoms with Gasteiger partial charge in [0.05, 0.1) is 5.69 Å². The van der Waals surface area contributed by atoms with Crippen molar-refractivity contribution in [3.05, 3.63) is 72.3 Å².